The minimum atomic E-state index is -1.42. The molecule has 1 aromatic rings. The summed E-state index contributed by atoms with van der Waals surface area (Å²) < 4.78 is 6.05. The molecule has 0 aromatic heterocycles. The highest BCUT2D eigenvalue weighted by Crippen LogP contribution is 2.28. The van der Waals surface area contributed by atoms with E-state index < -0.39 is 24.0 Å². The molecule has 0 aliphatic rings. The third-order valence-electron chi connectivity index (χ3n) is 2.36. The lowest BCUT2D eigenvalue weighted by molar-refractivity contribution is -0.129. The average Bonchev–Trinajstić information content (AvgIpc) is 2.38. The molecule has 110 valence electrons. The number of aliphatic hydroxyl groups excluding tert-OH is 1. The number of primary amides is 1. The van der Waals surface area contributed by atoms with Crippen molar-refractivity contribution in [3.8, 4) is 5.75 Å². The highest BCUT2D eigenvalue weighted by atomic mass is 79.9. The minimum absolute atomic E-state index is 0.260. The van der Waals surface area contributed by atoms with Crippen molar-refractivity contribution in [1.29, 1.82) is 0 Å². The lowest BCUT2D eigenvalue weighted by Crippen LogP contribution is -2.44. The van der Waals surface area contributed by atoms with Gasteiger partial charge in [0.25, 0.3) is 5.91 Å². The fraction of sp³-hybridized carbons (Fsp3) is 0.333. The number of halogens is 2. The Morgan fingerprint density at radius 3 is 2.75 bits per heavy atom. The summed E-state index contributed by atoms with van der Waals surface area (Å²) in [5, 5.41) is 12.1. The van der Waals surface area contributed by atoms with Crippen LogP contribution in [0.3, 0.4) is 0 Å². The molecule has 0 aliphatic heterocycles. The molecule has 2 unspecified atom stereocenters. The van der Waals surface area contributed by atoms with Crippen LogP contribution in [0.4, 0.5) is 0 Å². The van der Waals surface area contributed by atoms with Gasteiger partial charge in [-0.25, -0.2) is 0 Å². The molecule has 6 nitrogen and oxygen atoms in total. The molecule has 0 fully saturated rings. The third kappa shape index (κ3) is 4.99. The first-order valence-corrected chi connectivity index (χ1v) is 6.85. The Bertz CT molecular complexity index is 512. The van der Waals surface area contributed by atoms with Gasteiger partial charge in [-0.05, 0) is 41.1 Å². The minimum Gasteiger partial charge on any atom is -0.480 e. The third-order valence-corrected chi connectivity index (χ3v) is 3.22. The Morgan fingerprint density at radius 1 is 1.55 bits per heavy atom. The van der Waals surface area contributed by atoms with Gasteiger partial charge in [-0.2, -0.15) is 0 Å². The summed E-state index contributed by atoms with van der Waals surface area (Å²) >= 11 is 9.06. The molecule has 1 aromatic carbocycles. The van der Waals surface area contributed by atoms with E-state index in [1.165, 1.54) is 6.92 Å². The van der Waals surface area contributed by atoms with Crippen molar-refractivity contribution in [2.45, 2.75) is 19.1 Å². The normalized spacial score (nSPS) is 13.4. The van der Waals surface area contributed by atoms with Crippen molar-refractivity contribution >= 4 is 39.3 Å². The monoisotopic (exact) mass is 364 g/mol. The number of nitrogens with one attached hydrogen (secondary N) is 1. The lowest BCUT2D eigenvalue weighted by atomic mass is 10.3. The first-order chi connectivity index (χ1) is 9.31. The van der Waals surface area contributed by atoms with E-state index in [1.54, 1.807) is 18.2 Å². The molecule has 0 heterocycles. The Balaban J connectivity index is 2.55. The van der Waals surface area contributed by atoms with Gasteiger partial charge in [-0.1, -0.05) is 11.6 Å². The van der Waals surface area contributed by atoms with Crippen molar-refractivity contribution in [3.63, 3.8) is 0 Å². The van der Waals surface area contributed by atoms with Gasteiger partial charge < -0.3 is 20.9 Å². The fourth-order valence-corrected chi connectivity index (χ4v) is 2.03. The maximum Gasteiger partial charge on any atom is 0.260 e. The van der Waals surface area contributed by atoms with E-state index in [0.717, 1.165) is 0 Å². The van der Waals surface area contributed by atoms with Crippen molar-refractivity contribution in [2.75, 3.05) is 6.54 Å². The van der Waals surface area contributed by atoms with E-state index in [4.69, 9.17) is 27.2 Å². The number of carbonyl (C=O) groups is 2. The molecule has 2 atom stereocenters. The van der Waals surface area contributed by atoms with Crippen LogP contribution < -0.4 is 15.8 Å². The van der Waals surface area contributed by atoms with Gasteiger partial charge in [0.05, 0.1) is 11.0 Å². The van der Waals surface area contributed by atoms with Crippen molar-refractivity contribution < 1.29 is 19.4 Å². The molecule has 0 aliphatic carbocycles. The van der Waals surface area contributed by atoms with Gasteiger partial charge in [-0.15, -0.1) is 0 Å². The zero-order valence-electron chi connectivity index (χ0n) is 10.6. The average molecular weight is 366 g/mol. The number of aliphatic hydroxyl groups is 1. The van der Waals surface area contributed by atoms with Crippen LogP contribution in [-0.4, -0.2) is 35.7 Å². The Labute approximate surface area is 129 Å². The predicted molar refractivity (Wildman–Crippen MR) is 77.5 cm³/mol. The van der Waals surface area contributed by atoms with Crippen LogP contribution in [0.1, 0.15) is 6.92 Å². The van der Waals surface area contributed by atoms with Crippen LogP contribution in [0.15, 0.2) is 22.7 Å². The number of rotatable bonds is 6. The van der Waals surface area contributed by atoms with Crippen LogP contribution in [0, 0.1) is 0 Å². The number of hydrogen-bond acceptors (Lipinski definition) is 4. The first-order valence-electron chi connectivity index (χ1n) is 5.68. The van der Waals surface area contributed by atoms with E-state index in [9.17, 15) is 9.59 Å². The van der Waals surface area contributed by atoms with Gasteiger partial charge in [0.2, 0.25) is 5.91 Å². The summed E-state index contributed by atoms with van der Waals surface area (Å²) in [6, 6.07) is 4.88. The quantitative estimate of drug-likeness (QED) is 0.695. The molecule has 0 bridgehead atoms. The number of amides is 2. The van der Waals surface area contributed by atoms with Gasteiger partial charge in [0.15, 0.2) is 6.10 Å². The van der Waals surface area contributed by atoms with E-state index in [-0.39, 0.29) is 6.54 Å². The second-order valence-corrected chi connectivity index (χ2v) is 5.29. The van der Waals surface area contributed by atoms with Gasteiger partial charge >= 0.3 is 0 Å². The van der Waals surface area contributed by atoms with Gasteiger partial charge in [0.1, 0.15) is 11.9 Å². The summed E-state index contributed by atoms with van der Waals surface area (Å²) in [6.07, 6.45) is -2.24. The maximum atomic E-state index is 11.7. The van der Waals surface area contributed by atoms with Crippen molar-refractivity contribution in [3.05, 3.63) is 27.7 Å². The second kappa shape index (κ2) is 7.47. The highest BCUT2D eigenvalue weighted by Gasteiger charge is 2.18. The number of benzene rings is 1. The predicted octanol–water partition coefficient (Wildman–Crippen LogP) is 0.832. The summed E-state index contributed by atoms with van der Waals surface area (Å²) in [4.78, 5) is 22.3. The molecule has 0 saturated heterocycles. The molecular weight excluding hydrogens is 351 g/mol. The van der Waals surface area contributed by atoms with E-state index in [1.807, 2.05) is 0 Å². The largest absolute Gasteiger partial charge is 0.480 e. The van der Waals surface area contributed by atoms with Crippen LogP contribution in [0.25, 0.3) is 0 Å². The SMILES string of the molecule is CC(Oc1ccc(Cl)cc1Br)C(=O)NCC(O)C(N)=O. The lowest BCUT2D eigenvalue weighted by Gasteiger charge is -2.16. The van der Waals surface area contributed by atoms with Crippen molar-refractivity contribution in [2.24, 2.45) is 5.73 Å². The standard InChI is InChI=1S/C12H14BrClN2O4/c1-6(12(19)16-5-9(17)11(15)18)20-10-3-2-7(14)4-8(10)13/h2-4,6,9,17H,5H2,1H3,(H2,15,18)(H,16,19). The van der Waals surface area contributed by atoms with Crippen LogP contribution in [0.2, 0.25) is 5.02 Å². The van der Waals surface area contributed by atoms with Gasteiger partial charge in [-0.3, -0.25) is 9.59 Å². The molecule has 8 heteroatoms. The molecule has 0 radical (unpaired) electrons. The van der Waals surface area contributed by atoms with Crippen LogP contribution in [-0.2, 0) is 9.59 Å². The highest BCUT2D eigenvalue weighted by molar-refractivity contribution is 9.10. The maximum absolute atomic E-state index is 11.7. The van der Waals surface area contributed by atoms with Crippen LogP contribution >= 0.6 is 27.5 Å². The molecule has 20 heavy (non-hydrogen) atoms. The van der Waals surface area contributed by atoms with E-state index in [2.05, 4.69) is 21.2 Å². The molecule has 1 rings (SSSR count). The zero-order valence-corrected chi connectivity index (χ0v) is 12.9. The summed E-state index contributed by atoms with van der Waals surface area (Å²) in [7, 11) is 0. The zero-order chi connectivity index (χ0) is 15.3. The van der Waals surface area contributed by atoms with Crippen LogP contribution in [0.5, 0.6) is 5.75 Å². The number of ether oxygens (including phenoxy) is 1. The Morgan fingerprint density at radius 2 is 2.20 bits per heavy atom. The molecule has 0 spiro atoms. The second-order valence-electron chi connectivity index (χ2n) is 4.00. The van der Waals surface area contributed by atoms with Crippen molar-refractivity contribution in [1.82, 2.24) is 5.32 Å². The molecule has 4 N–H and O–H groups in total. The first kappa shape index (κ1) is 16.7. The van der Waals surface area contributed by atoms with E-state index >= 15 is 0 Å². The molecule has 0 saturated carbocycles. The summed E-state index contributed by atoms with van der Waals surface area (Å²) in [5.74, 6) is -0.932. The Kier molecular flexibility index (Phi) is 6.25. The van der Waals surface area contributed by atoms with Gasteiger partial charge in [0, 0.05) is 5.02 Å². The summed E-state index contributed by atoms with van der Waals surface area (Å²) in [6.45, 7) is 1.27. The summed E-state index contributed by atoms with van der Waals surface area (Å²) in [5.41, 5.74) is 4.87. The number of hydrogen-bond donors (Lipinski definition) is 3. The molecule has 2 amide bonds. The number of nitrogens with two attached hydrogens (primary N) is 1. The van der Waals surface area contributed by atoms with E-state index in [0.29, 0.717) is 15.2 Å². The number of carbonyl (C=O) groups excluding carboxylic acids is 2. The topological polar surface area (TPSA) is 102 Å². The fourth-order valence-electron chi connectivity index (χ4n) is 1.26. The Hall–Kier alpha value is -1.31. The molecular formula is C12H14BrClN2O4. The smallest absolute Gasteiger partial charge is 0.260 e.